The van der Waals surface area contributed by atoms with Crippen LogP contribution in [0.25, 0.3) is 0 Å². The first kappa shape index (κ1) is 41.0. The van der Waals surface area contributed by atoms with Gasteiger partial charge in [-0.25, -0.2) is 0 Å². The van der Waals surface area contributed by atoms with Gasteiger partial charge in [0.1, 0.15) is 0 Å². The summed E-state index contributed by atoms with van der Waals surface area (Å²) in [5, 5.41) is 0. The van der Waals surface area contributed by atoms with Gasteiger partial charge >= 0.3 is 0 Å². The molecule has 9 atom stereocenters. The Morgan fingerprint density at radius 2 is 1.04 bits per heavy atom. The maximum absolute atomic E-state index is 8.01. The average Bonchev–Trinajstić information content (AvgIpc) is 3.41. The monoisotopic (exact) mass is 737 g/mol. The van der Waals surface area contributed by atoms with Crippen molar-refractivity contribution in [3.63, 3.8) is 0 Å². The molecular weight excluding hydrogens is 657 g/mol. The molecule has 3 fully saturated rings. The quantitative estimate of drug-likeness (QED) is 0.139. The second kappa shape index (κ2) is 15.7. The average molecular weight is 737 g/mol. The van der Waals surface area contributed by atoms with Gasteiger partial charge in [0, 0.05) is 12.3 Å². The molecular formula is C40H80O4Si4. The van der Waals surface area contributed by atoms with Crippen LogP contribution in [0.5, 0.6) is 0 Å². The minimum atomic E-state index is -1.94. The fourth-order valence-corrected chi connectivity index (χ4v) is 21.2. The normalized spacial score (nSPS) is 35.9. The maximum Gasteiger partial charge on any atom is 0.241 e. The SMILES string of the molecule is CC[Si](CC)(CC)O[C@@H]1C2C(CC[C@@]3(C)C2CC[C@@H]3O[Si](CC)(CC)CC)[C@@]2(C)CCC(O[Si](C)(C)C)=CC2[C@H]1O[Si](CC)(CC)CC. The number of allylic oxidation sites excluding steroid dienone is 1. The lowest BCUT2D eigenvalue weighted by Gasteiger charge is -2.65. The topological polar surface area (TPSA) is 36.9 Å². The van der Waals surface area contributed by atoms with Crippen LogP contribution in [0.3, 0.4) is 0 Å². The second-order valence-electron chi connectivity index (χ2n) is 18.3. The fraction of sp³-hybridized carbons (Fsp3) is 0.950. The Morgan fingerprint density at radius 3 is 1.52 bits per heavy atom. The minimum absolute atomic E-state index is 0.123. The van der Waals surface area contributed by atoms with Crippen molar-refractivity contribution in [1.29, 1.82) is 0 Å². The molecule has 4 unspecified atom stereocenters. The zero-order chi connectivity index (χ0) is 35.8. The Balaban J connectivity index is 1.91. The van der Waals surface area contributed by atoms with Crippen LogP contribution in [0.4, 0.5) is 0 Å². The smallest absolute Gasteiger partial charge is 0.241 e. The van der Waals surface area contributed by atoms with Gasteiger partial charge in [0.25, 0.3) is 0 Å². The van der Waals surface area contributed by atoms with Crippen LogP contribution in [0.2, 0.25) is 74.0 Å². The van der Waals surface area contributed by atoms with Crippen molar-refractivity contribution in [2.75, 3.05) is 0 Å². The molecule has 4 aliphatic rings. The van der Waals surface area contributed by atoms with Gasteiger partial charge in [0.15, 0.2) is 25.0 Å². The lowest BCUT2D eigenvalue weighted by Crippen LogP contribution is -2.67. The highest BCUT2D eigenvalue weighted by Gasteiger charge is 2.67. The molecule has 0 aromatic carbocycles. The van der Waals surface area contributed by atoms with Gasteiger partial charge < -0.3 is 17.7 Å². The van der Waals surface area contributed by atoms with Gasteiger partial charge in [-0.15, -0.1) is 0 Å². The number of hydrogen-bond acceptors (Lipinski definition) is 4. The van der Waals surface area contributed by atoms with Crippen LogP contribution in [0.15, 0.2) is 11.8 Å². The van der Waals surface area contributed by atoms with E-state index >= 15 is 0 Å². The lowest BCUT2D eigenvalue weighted by molar-refractivity contribution is -0.192. The van der Waals surface area contributed by atoms with Crippen molar-refractivity contribution in [1.82, 2.24) is 0 Å². The third kappa shape index (κ3) is 7.53. The third-order valence-electron chi connectivity index (χ3n) is 15.6. The van der Waals surface area contributed by atoms with Crippen LogP contribution in [0, 0.1) is 34.5 Å². The Labute approximate surface area is 303 Å². The number of hydrogen-bond donors (Lipinski definition) is 0. The predicted octanol–water partition coefficient (Wildman–Crippen LogP) is 12.8. The van der Waals surface area contributed by atoms with Gasteiger partial charge in [0.2, 0.25) is 8.32 Å². The summed E-state index contributed by atoms with van der Waals surface area (Å²) in [6, 6.07) is 10.9. The summed E-state index contributed by atoms with van der Waals surface area (Å²) in [5.41, 5.74) is 0.440. The molecule has 0 amide bonds. The zero-order valence-electron chi connectivity index (χ0n) is 34.4. The molecule has 48 heavy (non-hydrogen) atoms. The lowest BCUT2D eigenvalue weighted by atomic mass is 9.44. The van der Waals surface area contributed by atoms with Crippen LogP contribution in [0.1, 0.15) is 115 Å². The Hall–Kier alpha value is 0.288. The van der Waals surface area contributed by atoms with Crippen LogP contribution in [-0.4, -0.2) is 51.6 Å². The minimum Gasteiger partial charge on any atom is -0.548 e. The Kier molecular flexibility index (Phi) is 13.4. The molecule has 0 aromatic rings. The molecule has 0 saturated heterocycles. The Bertz CT molecular complexity index is 1050. The Morgan fingerprint density at radius 1 is 0.583 bits per heavy atom. The van der Waals surface area contributed by atoms with Gasteiger partial charge in [0.05, 0.1) is 24.1 Å². The molecule has 0 aromatic heterocycles. The highest BCUT2D eigenvalue weighted by Crippen LogP contribution is 2.68. The molecule has 4 aliphatic carbocycles. The summed E-state index contributed by atoms with van der Waals surface area (Å²) in [6.45, 7) is 34.2. The molecule has 0 aliphatic heterocycles. The first-order valence-electron chi connectivity index (χ1n) is 21.0. The van der Waals surface area contributed by atoms with Gasteiger partial charge in [-0.05, 0) is 141 Å². The highest BCUT2D eigenvalue weighted by molar-refractivity contribution is 6.74. The van der Waals surface area contributed by atoms with Gasteiger partial charge in [-0.1, -0.05) is 76.2 Å². The van der Waals surface area contributed by atoms with Crippen LogP contribution < -0.4 is 0 Å². The summed E-state index contributed by atoms with van der Waals surface area (Å²) in [7, 11) is -7.32. The predicted molar refractivity (Wildman–Crippen MR) is 217 cm³/mol. The van der Waals surface area contributed by atoms with E-state index in [4.69, 9.17) is 17.7 Å². The fourth-order valence-electron chi connectivity index (χ4n) is 11.6. The summed E-state index contributed by atoms with van der Waals surface area (Å²) in [5.74, 6) is 3.48. The summed E-state index contributed by atoms with van der Waals surface area (Å²) in [6.07, 6.45) is 10.8. The molecule has 4 nitrogen and oxygen atoms in total. The van der Waals surface area contributed by atoms with E-state index in [1.54, 1.807) is 0 Å². The molecule has 8 heteroatoms. The molecule has 0 N–H and O–H groups in total. The van der Waals surface area contributed by atoms with Crippen molar-refractivity contribution in [2.45, 2.75) is 207 Å². The van der Waals surface area contributed by atoms with E-state index in [0.29, 0.717) is 29.8 Å². The van der Waals surface area contributed by atoms with E-state index in [-0.39, 0.29) is 23.0 Å². The molecule has 0 spiro atoms. The first-order chi connectivity index (χ1) is 22.6. The van der Waals surface area contributed by atoms with Gasteiger partial charge in [-0.3, -0.25) is 0 Å². The molecule has 3 saturated carbocycles. The standard InChI is InChI=1S/C40H80O4Si4/c1-15-46(16-2,17-3)42-35-25-24-32-36-33(27-29-40(32,35)11)39(10)28-26-31(41-45(12,13)14)30-34(39)37(43-47(18-4,19-5)20-6)38(36)44-48(21-7,22-8)23-9/h30,32-38H,15-29H2,1-14H3/t32?,33?,34?,35-,36?,37+,38+,39+,40-/m0/s1. The van der Waals surface area contributed by atoms with Gasteiger partial charge in [-0.2, -0.15) is 0 Å². The van der Waals surface area contributed by atoms with E-state index < -0.39 is 33.3 Å². The van der Waals surface area contributed by atoms with E-state index in [1.165, 1.54) is 92.3 Å². The zero-order valence-corrected chi connectivity index (χ0v) is 38.4. The van der Waals surface area contributed by atoms with Crippen LogP contribution >= 0.6 is 0 Å². The van der Waals surface area contributed by atoms with E-state index in [9.17, 15) is 0 Å². The molecule has 0 heterocycles. The van der Waals surface area contributed by atoms with E-state index in [2.05, 4.69) is 102 Å². The number of rotatable bonds is 17. The molecule has 280 valence electrons. The number of fused-ring (bicyclic) bond motifs is 5. The second-order valence-corrected chi connectivity index (χ2v) is 36.9. The molecule has 0 radical (unpaired) electrons. The van der Waals surface area contributed by atoms with Crippen molar-refractivity contribution >= 4 is 33.3 Å². The van der Waals surface area contributed by atoms with Crippen molar-refractivity contribution in [3.05, 3.63) is 11.8 Å². The molecule has 4 rings (SSSR count). The summed E-state index contributed by atoms with van der Waals surface area (Å²) < 4.78 is 30.3. The first-order valence-corrected chi connectivity index (χ1v) is 32.0. The summed E-state index contributed by atoms with van der Waals surface area (Å²) in [4.78, 5) is 0. The largest absolute Gasteiger partial charge is 0.548 e. The molecule has 0 bridgehead atoms. The summed E-state index contributed by atoms with van der Waals surface area (Å²) >= 11 is 0. The highest BCUT2D eigenvalue weighted by atomic mass is 28.4. The van der Waals surface area contributed by atoms with Crippen molar-refractivity contribution < 1.29 is 17.7 Å². The third-order valence-corrected chi connectivity index (χ3v) is 30.4. The van der Waals surface area contributed by atoms with Crippen molar-refractivity contribution in [3.8, 4) is 0 Å². The van der Waals surface area contributed by atoms with Crippen molar-refractivity contribution in [2.24, 2.45) is 34.5 Å². The van der Waals surface area contributed by atoms with E-state index in [1.807, 2.05) is 0 Å². The van der Waals surface area contributed by atoms with E-state index in [0.717, 1.165) is 6.42 Å². The van der Waals surface area contributed by atoms with Crippen LogP contribution in [-0.2, 0) is 17.7 Å². The maximum atomic E-state index is 8.01.